The van der Waals surface area contributed by atoms with Crippen LogP contribution in [-0.2, 0) is 0 Å². The van der Waals surface area contributed by atoms with E-state index in [1.807, 2.05) is 0 Å². The SMILES string of the molecule is CSc1ccc(Cl)c(C(=O)C(F)(F)C(F)(F)F)c1F. The Labute approximate surface area is 112 Å². The number of alkyl halides is 5. The topological polar surface area (TPSA) is 17.1 Å². The van der Waals surface area contributed by atoms with Crippen molar-refractivity contribution in [3.8, 4) is 0 Å². The van der Waals surface area contributed by atoms with E-state index in [0.29, 0.717) is 0 Å². The zero-order chi connectivity index (χ0) is 15.0. The van der Waals surface area contributed by atoms with Gasteiger partial charge in [0.2, 0.25) is 5.78 Å². The van der Waals surface area contributed by atoms with E-state index in [0.717, 1.165) is 23.9 Å². The first-order chi connectivity index (χ1) is 8.54. The molecule has 1 aromatic carbocycles. The predicted molar refractivity (Wildman–Crippen MR) is 58.5 cm³/mol. The van der Waals surface area contributed by atoms with Gasteiger partial charge in [-0.05, 0) is 18.4 Å². The summed E-state index contributed by atoms with van der Waals surface area (Å²) in [4.78, 5) is 11.0. The molecule has 0 aliphatic rings. The third kappa shape index (κ3) is 2.84. The fourth-order valence-electron chi connectivity index (χ4n) is 1.18. The fourth-order valence-corrected chi connectivity index (χ4v) is 1.90. The second kappa shape index (κ2) is 5.24. The first kappa shape index (κ1) is 16.2. The van der Waals surface area contributed by atoms with Gasteiger partial charge in [0.05, 0.1) is 10.6 Å². The summed E-state index contributed by atoms with van der Waals surface area (Å²) in [5.41, 5.74) is -1.46. The molecule has 0 aliphatic heterocycles. The lowest BCUT2D eigenvalue weighted by atomic mass is 10.0. The molecule has 0 radical (unpaired) electrons. The number of hydrogen-bond acceptors (Lipinski definition) is 2. The van der Waals surface area contributed by atoms with Crippen LogP contribution in [-0.4, -0.2) is 24.1 Å². The van der Waals surface area contributed by atoms with Crippen molar-refractivity contribution in [3.05, 3.63) is 28.5 Å². The lowest BCUT2D eigenvalue weighted by molar-refractivity contribution is -0.255. The molecule has 0 aromatic heterocycles. The molecule has 9 heteroatoms. The number of ketones is 1. The van der Waals surface area contributed by atoms with Gasteiger partial charge in [0, 0.05) is 4.90 Å². The number of thioether (sulfide) groups is 1. The Bertz CT molecular complexity index is 513. The minimum absolute atomic E-state index is 0.259. The third-order valence-electron chi connectivity index (χ3n) is 2.14. The average Bonchev–Trinajstić information content (AvgIpc) is 2.27. The monoisotopic (exact) mass is 322 g/mol. The Morgan fingerprint density at radius 1 is 1.21 bits per heavy atom. The van der Waals surface area contributed by atoms with Crippen molar-refractivity contribution in [3.63, 3.8) is 0 Å². The van der Waals surface area contributed by atoms with Crippen LogP contribution in [0.3, 0.4) is 0 Å². The van der Waals surface area contributed by atoms with E-state index in [1.54, 1.807) is 0 Å². The van der Waals surface area contributed by atoms with Crippen LogP contribution in [0.25, 0.3) is 0 Å². The molecule has 0 aliphatic carbocycles. The van der Waals surface area contributed by atoms with Gasteiger partial charge in [-0.3, -0.25) is 4.79 Å². The lowest BCUT2D eigenvalue weighted by Gasteiger charge is -2.19. The van der Waals surface area contributed by atoms with Crippen molar-refractivity contribution in [2.24, 2.45) is 0 Å². The maximum absolute atomic E-state index is 13.7. The van der Waals surface area contributed by atoms with E-state index in [4.69, 9.17) is 11.6 Å². The Balaban J connectivity index is 3.43. The molecule has 0 unspecified atom stereocenters. The summed E-state index contributed by atoms with van der Waals surface area (Å²) in [6.45, 7) is 0. The van der Waals surface area contributed by atoms with Crippen molar-refractivity contribution >= 4 is 29.1 Å². The van der Waals surface area contributed by atoms with Crippen molar-refractivity contribution in [1.82, 2.24) is 0 Å². The number of rotatable bonds is 3. The van der Waals surface area contributed by atoms with Crippen LogP contribution >= 0.6 is 23.4 Å². The van der Waals surface area contributed by atoms with Crippen LogP contribution in [0.4, 0.5) is 26.3 Å². The molecule has 0 saturated heterocycles. The summed E-state index contributed by atoms with van der Waals surface area (Å²) in [6, 6.07) is 1.96. The highest BCUT2D eigenvalue weighted by Crippen LogP contribution is 2.40. The highest BCUT2D eigenvalue weighted by molar-refractivity contribution is 7.98. The van der Waals surface area contributed by atoms with Gasteiger partial charge in [-0.1, -0.05) is 11.6 Å². The third-order valence-corrected chi connectivity index (χ3v) is 3.21. The molecular formula is C10H5ClF6OS. The van der Waals surface area contributed by atoms with Gasteiger partial charge in [-0.15, -0.1) is 11.8 Å². The zero-order valence-electron chi connectivity index (χ0n) is 9.12. The summed E-state index contributed by atoms with van der Waals surface area (Å²) in [5, 5.41) is -0.802. The first-order valence-corrected chi connectivity index (χ1v) is 6.15. The molecule has 0 atom stereocenters. The molecule has 0 fully saturated rings. The summed E-state index contributed by atoms with van der Waals surface area (Å²) in [6.07, 6.45) is -4.75. The molecule has 106 valence electrons. The second-order valence-corrected chi connectivity index (χ2v) is 4.60. The minimum Gasteiger partial charge on any atom is -0.287 e. The maximum atomic E-state index is 13.7. The second-order valence-electron chi connectivity index (χ2n) is 3.34. The van der Waals surface area contributed by atoms with Crippen LogP contribution in [0.5, 0.6) is 0 Å². The maximum Gasteiger partial charge on any atom is 0.461 e. The van der Waals surface area contributed by atoms with Gasteiger partial charge in [-0.25, -0.2) is 4.39 Å². The summed E-state index contributed by atoms with van der Waals surface area (Å²) in [7, 11) is 0. The lowest BCUT2D eigenvalue weighted by Crippen LogP contribution is -2.44. The summed E-state index contributed by atoms with van der Waals surface area (Å²) < 4.78 is 75.7. The number of Topliss-reactive ketones (excluding diaryl/α,β-unsaturated/α-hetero) is 1. The minimum atomic E-state index is -6.12. The van der Waals surface area contributed by atoms with E-state index in [9.17, 15) is 31.1 Å². The van der Waals surface area contributed by atoms with Gasteiger partial charge in [0.25, 0.3) is 0 Å². The van der Waals surface area contributed by atoms with Gasteiger partial charge < -0.3 is 0 Å². The molecule has 1 nitrogen and oxygen atoms in total. The number of benzene rings is 1. The molecule has 1 rings (SSSR count). The zero-order valence-corrected chi connectivity index (χ0v) is 10.7. The summed E-state index contributed by atoms with van der Waals surface area (Å²) in [5.74, 6) is -9.90. The molecule has 0 spiro atoms. The van der Waals surface area contributed by atoms with Crippen LogP contribution < -0.4 is 0 Å². The normalized spacial score (nSPS) is 12.6. The van der Waals surface area contributed by atoms with Gasteiger partial charge in [0.15, 0.2) is 0 Å². The smallest absolute Gasteiger partial charge is 0.287 e. The molecule has 0 amide bonds. The van der Waals surface area contributed by atoms with Crippen LogP contribution in [0.15, 0.2) is 17.0 Å². The first-order valence-electron chi connectivity index (χ1n) is 4.55. The van der Waals surface area contributed by atoms with Crippen LogP contribution in [0, 0.1) is 5.82 Å². The van der Waals surface area contributed by atoms with Gasteiger partial charge >= 0.3 is 12.1 Å². The molecule has 0 saturated carbocycles. The number of halogens is 7. The summed E-state index contributed by atoms with van der Waals surface area (Å²) >= 11 is 6.08. The van der Waals surface area contributed by atoms with Crippen molar-refractivity contribution in [2.45, 2.75) is 17.0 Å². The Morgan fingerprint density at radius 3 is 2.16 bits per heavy atom. The van der Waals surface area contributed by atoms with Crippen LogP contribution in [0.1, 0.15) is 10.4 Å². The Hall–Kier alpha value is -0.890. The number of carbonyl (C=O) groups excluding carboxylic acids is 1. The van der Waals surface area contributed by atoms with Gasteiger partial charge in [-0.2, -0.15) is 22.0 Å². The van der Waals surface area contributed by atoms with Crippen LogP contribution in [0.2, 0.25) is 5.02 Å². The molecule has 19 heavy (non-hydrogen) atoms. The van der Waals surface area contributed by atoms with E-state index >= 15 is 0 Å². The highest BCUT2D eigenvalue weighted by atomic mass is 35.5. The van der Waals surface area contributed by atoms with E-state index < -0.39 is 34.3 Å². The predicted octanol–water partition coefficient (Wildman–Crippen LogP) is 4.58. The van der Waals surface area contributed by atoms with E-state index in [2.05, 4.69) is 0 Å². The molecular weight excluding hydrogens is 318 g/mol. The van der Waals surface area contributed by atoms with E-state index in [-0.39, 0.29) is 4.90 Å². The standard InChI is InChI=1S/C10H5ClF6OS/c1-19-5-3-2-4(11)6(7(5)12)8(18)9(13,14)10(15,16)17/h2-3H,1H3. The molecule has 0 N–H and O–H groups in total. The molecule has 1 aromatic rings. The highest BCUT2D eigenvalue weighted by Gasteiger charge is 2.64. The number of hydrogen-bond donors (Lipinski definition) is 0. The van der Waals surface area contributed by atoms with E-state index in [1.165, 1.54) is 6.26 Å². The van der Waals surface area contributed by atoms with Crippen molar-refractivity contribution < 1.29 is 31.1 Å². The Kier molecular flexibility index (Phi) is 4.46. The van der Waals surface area contributed by atoms with Gasteiger partial charge in [0.1, 0.15) is 5.82 Å². The quantitative estimate of drug-likeness (QED) is 0.460. The average molecular weight is 323 g/mol. The fraction of sp³-hybridized carbons (Fsp3) is 0.300. The van der Waals surface area contributed by atoms with Crippen molar-refractivity contribution in [1.29, 1.82) is 0 Å². The molecule has 0 heterocycles. The Morgan fingerprint density at radius 2 is 1.74 bits per heavy atom. The van der Waals surface area contributed by atoms with Crippen molar-refractivity contribution in [2.75, 3.05) is 6.26 Å². The number of carbonyl (C=O) groups is 1. The molecule has 0 bridgehead atoms. The largest absolute Gasteiger partial charge is 0.461 e.